The Labute approximate surface area is 202 Å². The molecule has 0 radical (unpaired) electrons. The van der Waals surface area contributed by atoms with Crippen molar-refractivity contribution in [3.63, 3.8) is 0 Å². The number of rotatable bonds is 6. The van der Waals surface area contributed by atoms with Gasteiger partial charge in [-0.1, -0.05) is 60.7 Å². The number of anilines is 2. The summed E-state index contributed by atoms with van der Waals surface area (Å²) in [5, 5.41) is 7.94. The van der Waals surface area contributed by atoms with Crippen molar-refractivity contribution < 1.29 is 9.59 Å². The monoisotopic (exact) mass is 463 g/mol. The lowest BCUT2D eigenvalue weighted by Crippen LogP contribution is -2.22. The minimum absolute atomic E-state index is 0.0727. The molecule has 0 aliphatic heterocycles. The van der Waals surface area contributed by atoms with Gasteiger partial charge in [0.15, 0.2) is 0 Å². The number of aromatic amines is 1. The third-order valence-electron chi connectivity index (χ3n) is 5.99. The quantitative estimate of drug-likeness (QED) is 0.255. The number of hydrogen-bond acceptors (Lipinski definition) is 4. The van der Waals surface area contributed by atoms with Crippen LogP contribution < -0.4 is 22.1 Å². The van der Waals surface area contributed by atoms with Crippen molar-refractivity contribution >= 4 is 45.0 Å². The Bertz CT molecular complexity index is 1460. The summed E-state index contributed by atoms with van der Waals surface area (Å²) in [5.74, 6) is -0.473. The summed E-state index contributed by atoms with van der Waals surface area (Å²) in [4.78, 5) is 27.3. The highest BCUT2D eigenvalue weighted by atomic mass is 16.2. The van der Waals surface area contributed by atoms with Gasteiger partial charge in [0.1, 0.15) is 0 Å². The lowest BCUT2D eigenvalue weighted by molar-refractivity contribution is -0.115. The van der Waals surface area contributed by atoms with E-state index >= 15 is 0 Å². The van der Waals surface area contributed by atoms with Crippen LogP contribution in [0.1, 0.15) is 0 Å². The van der Waals surface area contributed by atoms with Crippen molar-refractivity contribution in [1.82, 2.24) is 4.98 Å². The van der Waals surface area contributed by atoms with Crippen LogP contribution in [0.3, 0.4) is 0 Å². The Morgan fingerprint density at radius 2 is 1.06 bits per heavy atom. The van der Waals surface area contributed by atoms with Crippen molar-refractivity contribution in [3.8, 4) is 22.3 Å². The molecule has 7 nitrogen and oxygen atoms in total. The van der Waals surface area contributed by atoms with E-state index in [2.05, 4.69) is 52.0 Å². The van der Waals surface area contributed by atoms with E-state index in [-0.39, 0.29) is 24.9 Å². The van der Waals surface area contributed by atoms with Crippen LogP contribution in [0.4, 0.5) is 11.4 Å². The molecule has 35 heavy (non-hydrogen) atoms. The van der Waals surface area contributed by atoms with Gasteiger partial charge in [0, 0.05) is 44.3 Å². The van der Waals surface area contributed by atoms with Gasteiger partial charge in [-0.2, -0.15) is 0 Å². The molecular formula is C28H25N5O2. The number of para-hydroxylation sites is 2. The van der Waals surface area contributed by atoms with Crippen molar-refractivity contribution in [2.24, 2.45) is 11.5 Å². The third kappa shape index (κ3) is 4.38. The van der Waals surface area contributed by atoms with Gasteiger partial charge >= 0.3 is 0 Å². The molecule has 2 amide bonds. The number of benzene rings is 4. The summed E-state index contributed by atoms with van der Waals surface area (Å²) in [6.45, 7) is -0.145. The number of hydrogen-bond donors (Lipinski definition) is 5. The Kier molecular flexibility index (Phi) is 6.01. The zero-order chi connectivity index (χ0) is 24.4. The average molecular weight is 464 g/mol. The van der Waals surface area contributed by atoms with E-state index in [4.69, 9.17) is 11.5 Å². The number of aromatic nitrogens is 1. The smallest absolute Gasteiger partial charge is 0.238 e. The molecule has 4 aromatic carbocycles. The number of nitrogens with two attached hydrogens (primary N) is 2. The molecule has 5 aromatic rings. The average Bonchev–Trinajstić information content (AvgIpc) is 3.26. The van der Waals surface area contributed by atoms with Gasteiger partial charge in [-0.15, -0.1) is 0 Å². The van der Waals surface area contributed by atoms with Gasteiger partial charge in [-0.25, -0.2) is 0 Å². The fraction of sp³-hybridized carbons (Fsp3) is 0.0714. The van der Waals surface area contributed by atoms with Gasteiger partial charge in [-0.05, 0) is 35.4 Å². The molecule has 1 heterocycles. The minimum Gasteiger partial charge on any atom is -0.354 e. The van der Waals surface area contributed by atoms with Crippen molar-refractivity contribution in [2.45, 2.75) is 0 Å². The SMILES string of the molecule is NCC(=O)Nc1ccccc1-c1ccc2c(c1)[nH]c1cc(-c3ccccc3NC(=O)CN)ccc12. The van der Waals surface area contributed by atoms with Crippen molar-refractivity contribution in [2.75, 3.05) is 23.7 Å². The molecule has 174 valence electrons. The topological polar surface area (TPSA) is 126 Å². The van der Waals surface area contributed by atoms with E-state index < -0.39 is 0 Å². The molecule has 0 spiro atoms. The number of carbonyl (C=O) groups excluding carboxylic acids is 2. The maximum Gasteiger partial charge on any atom is 0.238 e. The fourth-order valence-electron chi connectivity index (χ4n) is 4.34. The fourth-order valence-corrected chi connectivity index (χ4v) is 4.34. The van der Waals surface area contributed by atoms with Crippen LogP contribution >= 0.6 is 0 Å². The van der Waals surface area contributed by atoms with Gasteiger partial charge < -0.3 is 27.1 Å². The molecular weight excluding hydrogens is 438 g/mol. The van der Waals surface area contributed by atoms with Crippen molar-refractivity contribution in [1.29, 1.82) is 0 Å². The highest BCUT2D eigenvalue weighted by molar-refractivity contribution is 6.10. The Morgan fingerprint density at radius 3 is 1.49 bits per heavy atom. The maximum absolute atomic E-state index is 11.9. The first-order valence-corrected chi connectivity index (χ1v) is 11.3. The highest BCUT2D eigenvalue weighted by Gasteiger charge is 2.12. The van der Waals surface area contributed by atoms with E-state index in [0.29, 0.717) is 0 Å². The lowest BCUT2D eigenvalue weighted by Gasteiger charge is -2.11. The standard InChI is InChI=1S/C28H25N5O2/c29-15-27(34)32-23-7-3-1-5-19(23)17-9-11-21-22-12-10-18(14-26(22)31-25(21)13-17)20-6-2-4-8-24(20)33-28(35)16-30/h1-14,31H,15-16,29-30H2,(H,32,34)(H,33,35). The summed E-state index contributed by atoms with van der Waals surface area (Å²) in [7, 11) is 0. The molecule has 0 saturated carbocycles. The predicted octanol–water partition coefficient (Wildman–Crippen LogP) is 4.45. The molecule has 0 atom stereocenters. The highest BCUT2D eigenvalue weighted by Crippen LogP contribution is 2.35. The summed E-state index contributed by atoms with van der Waals surface area (Å²) in [6, 6.07) is 27.8. The minimum atomic E-state index is -0.236. The Balaban J connectivity index is 1.56. The van der Waals surface area contributed by atoms with Crippen LogP contribution in [0.15, 0.2) is 84.9 Å². The number of amides is 2. The molecule has 1 aromatic heterocycles. The molecule has 0 aliphatic carbocycles. The first-order chi connectivity index (χ1) is 17.1. The zero-order valence-electron chi connectivity index (χ0n) is 19.0. The molecule has 7 heteroatoms. The van der Waals surface area contributed by atoms with Crippen LogP contribution in [0.25, 0.3) is 44.1 Å². The predicted molar refractivity (Wildman–Crippen MR) is 142 cm³/mol. The summed E-state index contributed by atoms with van der Waals surface area (Å²) >= 11 is 0. The Hall–Kier alpha value is -4.46. The van der Waals surface area contributed by atoms with Crippen LogP contribution in [0.2, 0.25) is 0 Å². The molecule has 0 fully saturated rings. The summed E-state index contributed by atoms with van der Waals surface area (Å²) in [6.07, 6.45) is 0. The zero-order valence-corrected chi connectivity index (χ0v) is 19.0. The summed E-state index contributed by atoms with van der Waals surface area (Å²) in [5.41, 5.74) is 18.2. The largest absolute Gasteiger partial charge is 0.354 e. The van der Waals surface area contributed by atoms with E-state index in [1.807, 2.05) is 48.5 Å². The van der Waals surface area contributed by atoms with Crippen LogP contribution in [0, 0.1) is 0 Å². The Morgan fingerprint density at radius 1 is 0.629 bits per heavy atom. The van der Waals surface area contributed by atoms with Gasteiger partial charge in [0.25, 0.3) is 0 Å². The second kappa shape index (κ2) is 9.42. The first kappa shape index (κ1) is 22.3. The molecule has 0 saturated heterocycles. The lowest BCUT2D eigenvalue weighted by atomic mass is 10.00. The number of H-pyrrole nitrogens is 1. The summed E-state index contributed by atoms with van der Waals surface area (Å²) < 4.78 is 0. The molecule has 7 N–H and O–H groups in total. The van der Waals surface area contributed by atoms with E-state index in [9.17, 15) is 9.59 Å². The number of fused-ring (bicyclic) bond motifs is 3. The second-order valence-corrected chi connectivity index (χ2v) is 8.24. The van der Waals surface area contributed by atoms with Crippen molar-refractivity contribution in [3.05, 3.63) is 84.9 Å². The number of nitrogens with one attached hydrogen (secondary N) is 3. The number of carbonyl (C=O) groups is 2. The van der Waals surface area contributed by atoms with E-state index in [1.165, 1.54) is 0 Å². The maximum atomic E-state index is 11.9. The van der Waals surface area contributed by atoms with Gasteiger partial charge in [0.05, 0.1) is 13.1 Å². The van der Waals surface area contributed by atoms with Gasteiger partial charge in [-0.3, -0.25) is 9.59 Å². The van der Waals surface area contributed by atoms with E-state index in [0.717, 1.165) is 55.4 Å². The first-order valence-electron chi connectivity index (χ1n) is 11.3. The van der Waals surface area contributed by atoms with Crippen LogP contribution in [-0.2, 0) is 9.59 Å². The molecule has 0 aliphatic rings. The third-order valence-corrected chi connectivity index (χ3v) is 5.99. The second-order valence-electron chi connectivity index (χ2n) is 8.24. The normalized spacial score (nSPS) is 11.0. The van der Waals surface area contributed by atoms with E-state index in [1.54, 1.807) is 0 Å². The molecule has 5 rings (SSSR count). The van der Waals surface area contributed by atoms with Crippen LogP contribution in [0.5, 0.6) is 0 Å². The molecule has 0 bridgehead atoms. The van der Waals surface area contributed by atoms with Gasteiger partial charge in [0.2, 0.25) is 11.8 Å². The van der Waals surface area contributed by atoms with Crippen LogP contribution in [-0.4, -0.2) is 29.9 Å². The molecule has 0 unspecified atom stereocenters.